The molecule has 0 saturated carbocycles. The fourth-order valence-corrected chi connectivity index (χ4v) is 3.43. The molecule has 26 heavy (non-hydrogen) atoms. The van der Waals surface area contributed by atoms with Crippen molar-refractivity contribution in [2.75, 3.05) is 12.3 Å². The number of hydrogen-bond donors (Lipinski definition) is 1. The fraction of sp³-hybridized carbons (Fsp3) is 0.222. The highest BCUT2D eigenvalue weighted by Gasteiger charge is 2.18. The molecule has 4 aromatic rings. The first-order valence-corrected chi connectivity index (χ1v) is 9.33. The molecule has 1 N–H and O–H groups in total. The van der Waals surface area contributed by atoms with Gasteiger partial charge >= 0.3 is 0 Å². The maximum atomic E-state index is 11.9. The van der Waals surface area contributed by atoms with Crippen molar-refractivity contribution in [1.82, 2.24) is 24.9 Å². The van der Waals surface area contributed by atoms with Gasteiger partial charge in [0.25, 0.3) is 0 Å². The van der Waals surface area contributed by atoms with Crippen molar-refractivity contribution in [3.05, 3.63) is 42.7 Å². The minimum Gasteiger partial charge on any atom is -0.461 e. The van der Waals surface area contributed by atoms with Crippen LogP contribution in [-0.2, 0) is 4.79 Å². The predicted octanol–water partition coefficient (Wildman–Crippen LogP) is 3.16. The Balaban J connectivity index is 1.79. The molecule has 0 unspecified atom stereocenters. The zero-order chi connectivity index (χ0) is 17.9. The minimum absolute atomic E-state index is 0.0260. The summed E-state index contributed by atoms with van der Waals surface area (Å²) in [6.45, 7) is 2.69. The number of nitrogens with one attached hydrogen (secondary N) is 1. The van der Waals surface area contributed by atoms with Crippen LogP contribution in [0.4, 0.5) is 0 Å². The first-order valence-electron chi connectivity index (χ1n) is 8.35. The normalized spacial score (nSPS) is 11.3. The monoisotopic (exact) mass is 367 g/mol. The summed E-state index contributed by atoms with van der Waals surface area (Å²) in [6, 6.07) is 11.4. The molecule has 1 amide bonds. The molecule has 0 radical (unpaired) electrons. The average molecular weight is 367 g/mol. The Bertz CT molecular complexity index is 1060. The highest BCUT2D eigenvalue weighted by Crippen LogP contribution is 2.29. The van der Waals surface area contributed by atoms with Crippen molar-refractivity contribution in [1.29, 1.82) is 0 Å². The number of carbonyl (C=O) groups is 1. The van der Waals surface area contributed by atoms with Gasteiger partial charge in [0.1, 0.15) is 0 Å². The number of para-hydroxylation sites is 1. The van der Waals surface area contributed by atoms with Gasteiger partial charge in [0, 0.05) is 11.9 Å². The second-order valence-corrected chi connectivity index (χ2v) is 6.65. The third-order valence-corrected chi connectivity index (χ3v) is 4.79. The van der Waals surface area contributed by atoms with E-state index in [1.165, 1.54) is 11.8 Å². The van der Waals surface area contributed by atoms with Crippen LogP contribution in [0.5, 0.6) is 0 Å². The van der Waals surface area contributed by atoms with E-state index in [4.69, 9.17) is 9.40 Å². The van der Waals surface area contributed by atoms with Crippen LogP contribution < -0.4 is 5.32 Å². The third-order valence-electron chi connectivity index (χ3n) is 3.86. The molecule has 0 saturated heterocycles. The summed E-state index contributed by atoms with van der Waals surface area (Å²) in [5.41, 5.74) is 1.51. The van der Waals surface area contributed by atoms with Crippen LogP contribution in [-0.4, -0.2) is 37.8 Å². The Morgan fingerprint density at radius 1 is 1.23 bits per heavy atom. The number of hydrogen-bond acceptors (Lipinski definition) is 6. The maximum absolute atomic E-state index is 11.9. The van der Waals surface area contributed by atoms with Gasteiger partial charge in [-0.2, -0.15) is 0 Å². The molecule has 0 aliphatic rings. The molecular formula is C18H17N5O2S. The van der Waals surface area contributed by atoms with E-state index < -0.39 is 0 Å². The van der Waals surface area contributed by atoms with Crippen LogP contribution in [0.1, 0.15) is 13.3 Å². The lowest BCUT2D eigenvalue weighted by Gasteiger charge is -2.07. The van der Waals surface area contributed by atoms with Crippen molar-refractivity contribution < 1.29 is 9.21 Å². The van der Waals surface area contributed by atoms with Gasteiger partial charge in [-0.3, -0.25) is 9.20 Å². The largest absolute Gasteiger partial charge is 0.461 e. The standard InChI is InChI=1S/C18H17N5O2S/c1-2-9-19-15(24)11-26-18-22-21-16-12-6-3-4-7-13(12)20-17(23(16)18)14-8-5-10-25-14/h3-8,10H,2,9,11H2,1H3,(H,19,24). The van der Waals surface area contributed by atoms with E-state index in [0.29, 0.717) is 28.9 Å². The Hall–Kier alpha value is -2.87. The van der Waals surface area contributed by atoms with E-state index in [0.717, 1.165) is 17.3 Å². The summed E-state index contributed by atoms with van der Waals surface area (Å²) in [4.78, 5) is 16.7. The smallest absolute Gasteiger partial charge is 0.230 e. The Kier molecular flexibility index (Phi) is 4.57. The number of nitrogens with zero attached hydrogens (tertiary/aromatic N) is 4. The molecule has 7 nitrogen and oxygen atoms in total. The summed E-state index contributed by atoms with van der Waals surface area (Å²) in [7, 11) is 0. The molecule has 0 fully saturated rings. The number of aromatic nitrogens is 4. The molecule has 4 rings (SSSR count). The molecule has 0 bridgehead atoms. The zero-order valence-corrected chi connectivity index (χ0v) is 15.0. The van der Waals surface area contributed by atoms with E-state index in [1.807, 2.05) is 47.7 Å². The summed E-state index contributed by atoms with van der Waals surface area (Å²) < 4.78 is 7.40. The van der Waals surface area contributed by atoms with E-state index in [1.54, 1.807) is 6.26 Å². The molecule has 3 heterocycles. The van der Waals surface area contributed by atoms with Gasteiger partial charge in [0.05, 0.1) is 17.5 Å². The number of carbonyl (C=O) groups excluding carboxylic acids is 1. The Morgan fingerprint density at radius 3 is 2.92 bits per heavy atom. The summed E-state index contributed by atoms with van der Waals surface area (Å²) in [6.07, 6.45) is 2.51. The number of amides is 1. The molecule has 132 valence electrons. The number of fused-ring (bicyclic) bond motifs is 3. The van der Waals surface area contributed by atoms with E-state index in [9.17, 15) is 4.79 Å². The van der Waals surface area contributed by atoms with Gasteiger partial charge in [0.2, 0.25) is 5.91 Å². The van der Waals surface area contributed by atoms with Crippen LogP contribution in [0.3, 0.4) is 0 Å². The molecule has 0 spiro atoms. The predicted molar refractivity (Wildman–Crippen MR) is 100 cm³/mol. The van der Waals surface area contributed by atoms with Gasteiger partial charge < -0.3 is 9.73 Å². The lowest BCUT2D eigenvalue weighted by atomic mass is 10.2. The van der Waals surface area contributed by atoms with Crippen LogP contribution in [0, 0.1) is 0 Å². The van der Waals surface area contributed by atoms with E-state index in [-0.39, 0.29) is 11.7 Å². The first-order chi connectivity index (χ1) is 12.8. The van der Waals surface area contributed by atoms with Crippen molar-refractivity contribution in [2.24, 2.45) is 0 Å². The second-order valence-electron chi connectivity index (χ2n) is 5.71. The first kappa shape index (κ1) is 16.6. The molecule has 0 aliphatic heterocycles. The minimum atomic E-state index is -0.0260. The van der Waals surface area contributed by atoms with Gasteiger partial charge in [0.15, 0.2) is 22.4 Å². The van der Waals surface area contributed by atoms with Gasteiger partial charge in [-0.05, 0) is 30.7 Å². The molecular weight excluding hydrogens is 350 g/mol. The number of furan rings is 1. The van der Waals surface area contributed by atoms with Crippen LogP contribution in [0.25, 0.3) is 28.1 Å². The molecule has 3 aromatic heterocycles. The van der Waals surface area contributed by atoms with Gasteiger partial charge in [-0.25, -0.2) is 4.98 Å². The topological polar surface area (TPSA) is 85.3 Å². The average Bonchev–Trinajstić information content (AvgIpc) is 3.34. The van der Waals surface area contributed by atoms with Crippen LogP contribution in [0.2, 0.25) is 0 Å². The van der Waals surface area contributed by atoms with Gasteiger partial charge in [-0.15, -0.1) is 10.2 Å². The van der Waals surface area contributed by atoms with Crippen molar-refractivity contribution in [3.8, 4) is 11.6 Å². The van der Waals surface area contributed by atoms with Crippen molar-refractivity contribution in [3.63, 3.8) is 0 Å². The molecule has 0 aliphatic carbocycles. The summed E-state index contributed by atoms with van der Waals surface area (Å²) in [5.74, 6) is 1.48. The fourth-order valence-electron chi connectivity index (χ4n) is 2.67. The third kappa shape index (κ3) is 3.03. The van der Waals surface area contributed by atoms with Crippen molar-refractivity contribution >= 4 is 34.2 Å². The second kappa shape index (κ2) is 7.17. The summed E-state index contributed by atoms with van der Waals surface area (Å²) >= 11 is 1.33. The lowest BCUT2D eigenvalue weighted by molar-refractivity contribution is -0.118. The number of rotatable bonds is 6. The van der Waals surface area contributed by atoms with E-state index in [2.05, 4.69) is 15.5 Å². The van der Waals surface area contributed by atoms with Crippen LogP contribution >= 0.6 is 11.8 Å². The number of benzene rings is 1. The molecule has 8 heteroatoms. The maximum Gasteiger partial charge on any atom is 0.230 e. The van der Waals surface area contributed by atoms with Crippen LogP contribution in [0.15, 0.2) is 52.2 Å². The highest BCUT2D eigenvalue weighted by atomic mass is 32.2. The molecule has 1 aromatic carbocycles. The Labute approximate surface area is 153 Å². The zero-order valence-electron chi connectivity index (χ0n) is 14.2. The Morgan fingerprint density at radius 2 is 2.12 bits per heavy atom. The summed E-state index contributed by atoms with van der Waals surface area (Å²) in [5, 5.41) is 13.0. The quantitative estimate of drug-likeness (QED) is 0.527. The van der Waals surface area contributed by atoms with Gasteiger partial charge in [-0.1, -0.05) is 30.8 Å². The SMILES string of the molecule is CCCNC(=O)CSc1nnc2c3ccccc3nc(-c3ccco3)n12. The molecule has 0 atom stereocenters. The van der Waals surface area contributed by atoms with Crippen molar-refractivity contribution in [2.45, 2.75) is 18.5 Å². The van der Waals surface area contributed by atoms with E-state index >= 15 is 0 Å². The lowest BCUT2D eigenvalue weighted by Crippen LogP contribution is -2.25. The number of thioether (sulfide) groups is 1. The highest BCUT2D eigenvalue weighted by molar-refractivity contribution is 7.99.